The largest absolute Gasteiger partial charge is 0.476 e. The Morgan fingerprint density at radius 2 is 2.42 bits per heavy atom. The predicted octanol–water partition coefficient (Wildman–Crippen LogP) is 1.64. The Morgan fingerprint density at radius 1 is 1.58 bits per heavy atom. The lowest BCUT2D eigenvalue weighted by Gasteiger charge is -2.24. The third kappa shape index (κ3) is 4.03. The molecule has 0 bridgehead atoms. The topological polar surface area (TPSA) is 74.2 Å². The van der Waals surface area contributed by atoms with Crippen molar-refractivity contribution in [3.05, 3.63) is 29.7 Å². The number of piperidine rings is 1. The molecule has 1 aromatic heterocycles. The van der Waals surface area contributed by atoms with Gasteiger partial charge in [0.1, 0.15) is 5.82 Å². The Labute approximate surface area is 110 Å². The highest BCUT2D eigenvalue weighted by Crippen LogP contribution is 2.13. The molecule has 102 valence electrons. The van der Waals surface area contributed by atoms with E-state index >= 15 is 0 Å². The molecule has 0 saturated carbocycles. The van der Waals surface area contributed by atoms with Crippen molar-refractivity contribution in [2.45, 2.75) is 18.9 Å². The minimum atomic E-state index is -1.57. The number of anilines is 1. The molecule has 0 aromatic carbocycles. The zero-order valence-corrected chi connectivity index (χ0v) is 10.4. The fourth-order valence-corrected chi connectivity index (χ4v) is 1.97. The minimum Gasteiger partial charge on any atom is -0.476 e. The number of rotatable bonds is 4. The number of pyridine rings is 1. The van der Waals surface area contributed by atoms with Crippen molar-refractivity contribution in [1.29, 1.82) is 0 Å². The van der Waals surface area contributed by atoms with Gasteiger partial charge in [-0.1, -0.05) is 0 Å². The Bertz CT molecular complexity index is 467. The number of carbonyl (C=O) groups is 1. The average molecular weight is 265 g/mol. The number of halogens is 1. The highest BCUT2D eigenvalue weighted by atomic mass is 19.1. The summed E-state index contributed by atoms with van der Waals surface area (Å²) < 4.78 is 12.9. The molecule has 2 heterocycles. The van der Waals surface area contributed by atoms with Crippen LogP contribution in [0, 0.1) is 0 Å². The van der Waals surface area contributed by atoms with Gasteiger partial charge in [-0.25, -0.2) is 9.78 Å². The van der Waals surface area contributed by atoms with Gasteiger partial charge < -0.3 is 15.7 Å². The Morgan fingerprint density at radius 3 is 3.00 bits per heavy atom. The van der Waals surface area contributed by atoms with Gasteiger partial charge in [-0.05, 0) is 43.2 Å². The standard InChI is InChI=1S/C13H16FN3O2/c14-11(13(18)19)6-9-3-4-12(16-7-9)17-10-2-1-5-15-8-10/h3-4,6-7,10,15H,1-2,5,8H2,(H,16,17)(H,18,19)/b11-6-/t10-/m1/s1. The number of hydrogen-bond acceptors (Lipinski definition) is 4. The summed E-state index contributed by atoms with van der Waals surface area (Å²) in [4.78, 5) is 14.5. The predicted molar refractivity (Wildman–Crippen MR) is 70.5 cm³/mol. The Kier molecular flexibility index (Phi) is 4.46. The van der Waals surface area contributed by atoms with Crippen molar-refractivity contribution in [2.24, 2.45) is 0 Å². The van der Waals surface area contributed by atoms with E-state index in [0.29, 0.717) is 17.4 Å². The van der Waals surface area contributed by atoms with Crippen LogP contribution in [-0.2, 0) is 4.79 Å². The van der Waals surface area contributed by atoms with Gasteiger partial charge >= 0.3 is 5.97 Å². The lowest BCUT2D eigenvalue weighted by Crippen LogP contribution is -2.38. The highest BCUT2D eigenvalue weighted by molar-refractivity contribution is 5.89. The average Bonchev–Trinajstić information content (AvgIpc) is 2.42. The molecule has 2 rings (SSSR count). The summed E-state index contributed by atoms with van der Waals surface area (Å²) >= 11 is 0. The molecule has 0 radical (unpaired) electrons. The molecule has 1 atom stereocenters. The van der Waals surface area contributed by atoms with Crippen LogP contribution in [0.5, 0.6) is 0 Å². The number of carboxylic acid groups (broad SMARTS) is 1. The monoisotopic (exact) mass is 265 g/mol. The molecule has 5 nitrogen and oxygen atoms in total. The Balaban J connectivity index is 1.98. The molecular formula is C13H16FN3O2. The number of aliphatic carboxylic acids is 1. The van der Waals surface area contributed by atoms with Crippen LogP contribution in [-0.4, -0.2) is 35.2 Å². The molecule has 1 aromatic rings. The maximum absolute atomic E-state index is 12.9. The van der Waals surface area contributed by atoms with Gasteiger partial charge in [0.2, 0.25) is 5.83 Å². The molecule has 0 spiro atoms. The molecule has 0 amide bonds. The first-order valence-corrected chi connectivity index (χ1v) is 6.19. The van der Waals surface area contributed by atoms with E-state index in [0.717, 1.165) is 32.0 Å². The van der Waals surface area contributed by atoms with Crippen molar-refractivity contribution in [3.8, 4) is 0 Å². The van der Waals surface area contributed by atoms with Gasteiger partial charge in [-0.15, -0.1) is 0 Å². The van der Waals surface area contributed by atoms with Crippen molar-refractivity contribution in [3.63, 3.8) is 0 Å². The van der Waals surface area contributed by atoms with E-state index in [2.05, 4.69) is 15.6 Å². The number of hydrogen-bond donors (Lipinski definition) is 3. The first kappa shape index (κ1) is 13.5. The fourth-order valence-electron chi connectivity index (χ4n) is 1.97. The summed E-state index contributed by atoms with van der Waals surface area (Å²) in [6.07, 6.45) is 4.61. The fraction of sp³-hybridized carbons (Fsp3) is 0.385. The first-order valence-electron chi connectivity index (χ1n) is 6.19. The second-order valence-corrected chi connectivity index (χ2v) is 4.46. The third-order valence-corrected chi connectivity index (χ3v) is 2.93. The van der Waals surface area contributed by atoms with Crippen molar-refractivity contribution in [2.75, 3.05) is 18.4 Å². The summed E-state index contributed by atoms with van der Waals surface area (Å²) in [5.41, 5.74) is 0.423. The van der Waals surface area contributed by atoms with E-state index in [1.165, 1.54) is 6.20 Å². The second kappa shape index (κ2) is 6.29. The molecule has 1 aliphatic rings. The smallest absolute Gasteiger partial charge is 0.364 e. The van der Waals surface area contributed by atoms with Crippen molar-refractivity contribution in [1.82, 2.24) is 10.3 Å². The maximum Gasteiger partial charge on any atom is 0.364 e. The summed E-state index contributed by atoms with van der Waals surface area (Å²) in [7, 11) is 0. The van der Waals surface area contributed by atoms with Crippen LogP contribution in [0.1, 0.15) is 18.4 Å². The van der Waals surface area contributed by atoms with Crippen LogP contribution in [0.2, 0.25) is 0 Å². The van der Waals surface area contributed by atoms with E-state index in [9.17, 15) is 9.18 Å². The molecule has 0 aliphatic carbocycles. The van der Waals surface area contributed by atoms with E-state index in [-0.39, 0.29) is 0 Å². The van der Waals surface area contributed by atoms with Gasteiger partial charge in [-0.2, -0.15) is 4.39 Å². The molecule has 3 N–H and O–H groups in total. The zero-order chi connectivity index (χ0) is 13.7. The van der Waals surface area contributed by atoms with E-state index in [4.69, 9.17) is 5.11 Å². The molecule has 19 heavy (non-hydrogen) atoms. The number of nitrogens with zero attached hydrogens (tertiary/aromatic N) is 1. The van der Waals surface area contributed by atoms with E-state index in [1.807, 2.05) is 0 Å². The lowest BCUT2D eigenvalue weighted by atomic mass is 10.1. The quantitative estimate of drug-likeness (QED) is 0.722. The highest BCUT2D eigenvalue weighted by Gasteiger charge is 2.12. The van der Waals surface area contributed by atoms with Crippen molar-refractivity contribution < 1.29 is 14.3 Å². The molecule has 1 saturated heterocycles. The van der Waals surface area contributed by atoms with Gasteiger partial charge in [0.05, 0.1) is 0 Å². The minimum absolute atomic E-state index is 0.346. The van der Waals surface area contributed by atoms with Crippen LogP contribution < -0.4 is 10.6 Å². The molecule has 1 fully saturated rings. The van der Waals surface area contributed by atoms with Crippen LogP contribution in [0.15, 0.2) is 24.2 Å². The lowest BCUT2D eigenvalue weighted by molar-refractivity contribution is -0.134. The normalized spacial score (nSPS) is 20.1. The van der Waals surface area contributed by atoms with E-state index < -0.39 is 11.8 Å². The van der Waals surface area contributed by atoms with Crippen LogP contribution in [0.4, 0.5) is 10.2 Å². The van der Waals surface area contributed by atoms with Gasteiger partial charge in [-0.3, -0.25) is 0 Å². The zero-order valence-electron chi connectivity index (χ0n) is 10.4. The molecule has 0 unspecified atom stereocenters. The summed E-state index contributed by atoms with van der Waals surface area (Å²) in [5.74, 6) is -2.06. The number of aromatic nitrogens is 1. The third-order valence-electron chi connectivity index (χ3n) is 2.93. The Hall–Kier alpha value is -1.95. The first-order chi connectivity index (χ1) is 9.15. The van der Waals surface area contributed by atoms with Crippen molar-refractivity contribution >= 4 is 17.9 Å². The maximum atomic E-state index is 12.9. The van der Waals surface area contributed by atoms with Gasteiger partial charge in [0.15, 0.2) is 0 Å². The van der Waals surface area contributed by atoms with E-state index in [1.54, 1.807) is 12.1 Å². The number of carboxylic acids is 1. The SMILES string of the molecule is O=C(O)/C(F)=C/c1ccc(N[C@@H]2CCCNC2)nc1. The molecule has 1 aliphatic heterocycles. The van der Waals surface area contributed by atoms with Crippen LogP contribution >= 0.6 is 0 Å². The molecule has 6 heteroatoms. The summed E-state index contributed by atoms with van der Waals surface area (Å²) in [6, 6.07) is 3.70. The number of nitrogens with one attached hydrogen (secondary N) is 2. The summed E-state index contributed by atoms with van der Waals surface area (Å²) in [5, 5.41) is 15.0. The van der Waals surface area contributed by atoms with Gasteiger partial charge in [0, 0.05) is 18.8 Å². The van der Waals surface area contributed by atoms with Crippen LogP contribution in [0.3, 0.4) is 0 Å². The summed E-state index contributed by atoms with van der Waals surface area (Å²) in [6.45, 7) is 1.95. The van der Waals surface area contributed by atoms with Crippen LogP contribution in [0.25, 0.3) is 6.08 Å². The molecular weight excluding hydrogens is 249 g/mol. The van der Waals surface area contributed by atoms with Gasteiger partial charge in [0.25, 0.3) is 0 Å². The second-order valence-electron chi connectivity index (χ2n) is 4.46.